The minimum atomic E-state index is -1.27. The van der Waals surface area contributed by atoms with Gasteiger partial charge in [0.2, 0.25) is 0 Å². The van der Waals surface area contributed by atoms with Crippen molar-refractivity contribution in [2.24, 2.45) is 5.92 Å². The molecule has 0 aliphatic carbocycles. The second-order valence-electron chi connectivity index (χ2n) is 2.68. The van der Waals surface area contributed by atoms with E-state index in [9.17, 15) is 14.7 Å². The van der Waals surface area contributed by atoms with Crippen LogP contribution in [0.25, 0.3) is 0 Å². The third kappa shape index (κ3) is 4.30. The van der Waals surface area contributed by atoms with Crippen LogP contribution in [0.15, 0.2) is 11.6 Å². The molecule has 4 heteroatoms. The zero-order valence-electron chi connectivity index (χ0n) is 7.99. The van der Waals surface area contributed by atoms with E-state index in [0.29, 0.717) is 6.61 Å². The van der Waals surface area contributed by atoms with Crippen LogP contribution in [0.1, 0.15) is 20.8 Å². The van der Waals surface area contributed by atoms with Crippen molar-refractivity contribution in [3.63, 3.8) is 0 Å². The minimum Gasteiger partial charge on any atom is -0.545 e. The van der Waals surface area contributed by atoms with Crippen molar-refractivity contribution in [1.82, 2.24) is 0 Å². The number of carboxylic acid groups (broad SMARTS) is 1. The number of carbonyl (C=O) groups is 2. The Morgan fingerprint density at radius 1 is 1.54 bits per heavy atom. The number of hydrogen-bond acceptors (Lipinski definition) is 4. The maximum absolute atomic E-state index is 11.0. The highest BCUT2D eigenvalue weighted by Gasteiger charge is 2.10. The Labute approximate surface area is 77.2 Å². The van der Waals surface area contributed by atoms with Crippen molar-refractivity contribution in [3.05, 3.63) is 11.6 Å². The largest absolute Gasteiger partial charge is 0.545 e. The molecule has 1 unspecified atom stereocenters. The van der Waals surface area contributed by atoms with E-state index in [-0.39, 0.29) is 5.57 Å². The molecule has 0 N–H and O–H groups in total. The van der Waals surface area contributed by atoms with Gasteiger partial charge in [-0.2, -0.15) is 0 Å². The Balaban J connectivity index is 4.28. The molecule has 0 aromatic heterocycles. The van der Waals surface area contributed by atoms with Gasteiger partial charge in [-0.15, -0.1) is 0 Å². The smallest absolute Gasteiger partial charge is 0.312 e. The van der Waals surface area contributed by atoms with Crippen LogP contribution in [-0.2, 0) is 14.3 Å². The number of hydrogen-bond donors (Lipinski definition) is 0. The van der Waals surface area contributed by atoms with Crippen molar-refractivity contribution >= 4 is 11.9 Å². The van der Waals surface area contributed by atoms with Gasteiger partial charge in [0.25, 0.3) is 0 Å². The fourth-order valence-electron chi connectivity index (χ4n) is 0.785. The molecule has 0 saturated heterocycles. The average Bonchev–Trinajstić information content (AvgIpc) is 2.04. The molecule has 74 valence electrons. The van der Waals surface area contributed by atoms with Crippen LogP contribution in [0.3, 0.4) is 0 Å². The van der Waals surface area contributed by atoms with Gasteiger partial charge in [0.1, 0.15) is 0 Å². The Kier molecular flexibility index (Phi) is 4.80. The third-order valence-electron chi connectivity index (χ3n) is 1.48. The highest BCUT2D eigenvalue weighted by molar-refractivity contribution is 5.85. The summed E-state index contributed by atoms with van der Waals surface area (Å²) < 4.78 is 4.69. The van der Waals surface area contributed by atoms with E-state index in [4.69, 9.17) is 0 Å². The highest BCUT2D eigenvalue weighted by atomic mass is 16.5. The van der Waals surface area contributed by atoms with E-state index < -0.39 is 17.9 Å². The highest BCUT2D eigenvalue weighted by Crippen LogP contribution is 2.04. The molecule has 0 fully saturated rings. The molecular formula is C9H13O4-. The number of esters is 1. The summed E-state index contributed by atoms with van der Waals surface area (Å²) in [5.41, 5.74) is 0.0422. The average molecular weight is 185 g/mol. The van der Waals surface area contributed by atoms with Gasteiger partial charge in [-0.1, -0.05) is 6.08 Å². The number of aliphatic carboxylic acids is 1. The number of ether oxygens (including phenoxy) is 1. The summed E-state index contributed by atoms with van der Waals surface area (Å²) in [7, 11) is 0. The lowest BCUT2D eigenvalue weighted by Gasteiger charge is -2.08. The molecule has 0 aliphatic heterocycles. The molecule has 0 radical (unpaired) electrons. The van der Waals surface area contributed by atoms with Crippen molar-refractivity contribution in [2.45, 2.75) is 20.8 Å². The van der Waals surface area contributed by atoms with Gasteiger partial charge < -0.3 is 14.6 Å². The lowest BCUT2D eigenvalue weighted by atomic mass is 10.1. The Morgan fingerprint density at radius 3 is 2.46 bits per heavy atom. The van der Waals surface area contributed by atoms with Crippen molar-refractivity contribution < 1.29 is 19.4 Å². The molecule has 0 amide bonds. The molecule has 0 aromatic rings. The Hall–Kier alpha value is -1.32. The standard InChI is InChI=1S/C9H14O4/c1-4-13-9(12)7(3)5-6(2)8(10)11/h5,7H,4H2,1-3H3,(H,10,11)/p-1/b6-5+. The monoisotopic (exact) mass is 185 g/mol. The van der Waals surface area contributed by atoms with Gasteiger partial charge in [-0.25, -0.2) is 0 Å². The predicted octanol–water partition coefficient (Wildman–Crippen LogP) is -0.118. The van der Waals surface area contributed by atoms with Gasteiger partial charge in [-0.05, 0) is 26.3 Å². The number of carbonyl (C=O) groups excluding carboxylic acids is 2. The fraction of sp³-hybridized carbons (Fsp3) is 0.556. The molecule has 13 heavy (non-hydrogen) atoms. The van der Waals surface area contributed by atoms with Gasteiger partial charge in [0.05, 0.1) is 18.5 Å². The van der Waals surface area contributed by atoms with Crippen LogP contribution in [0.2, 0.25) is 0 Å². The normalized spacial score (nSPS) is 13.6. The van der Waals surface area contributed by atoms with E-state index in [0.717, 1.165) is 0 Å². The second kappa shape index (κ2) is 5.35. The van der Waals surface area contributed by atoms with Crippen molar-refractivity contribution in [1.29, 1.82) is 0 Å². The van der Waals surface area contributed by atoms with E-state index in [1.165, 1.54) is 13.0 Å². The van der Waals surface area contributed by atoms with Crippen molar-refractivity contribution in [3.8, 4) is 0 Å². The molecule has 0 aliphatic rings. The molecule has 0 bridgehead atoms. The summed E-state index contributed by atoms with van der Waals surface area (Å²) in [6, 6.07) is 0. The number of rotatable bonds is 4. The SMILES string of the molecule is CCOC(=O)C(C)/C=C(\C)C(=O)[O-]. The molecule has 0 heterocycles. The Morgan fingerprint density at radius 2 is 2.08 bits per heavy atom. The van der Waals surface area contributed by atoms with Crippen LogP contribution in [0.4, 0.5) is 0 Å². The molecule has 0 saturated carbocycles. The van der Waals surface area contributed by atoms with E-state index in [1.54, 1.807) is 13.8 Å². The van der Waals surface area contributed by atoms with Crippen LogP contribution >= 0.6 is 0 Å². The predicted molar refractivity (Wildman–Crippen MR) is 44.6 cm³/mol. The van der Waals surface area contributed by atoms with E-state index in [2.05, 4.69) is 4.74 Å². The zero-order chi connectivity index (χ0) is 10.4. The third-order valence-corrected chi connectivity index (χ3v) is 1.48. The van der Waals surface area contributed by atoms with Crippen LogP contribution in [0, 0.1) is 5.92 Å². The van der Waals surface area contributed by atoms with Crippen LogP contribution in [-0.4, -0.2) is 18.5 Å². The van der Waals surface area contributed by atoms with E-state index >= 15 is 0 Å². The lowest BCUT2D eigenvalue weighted by molar-refractivity contribution is -0.299. The summed E-state index contributed by atoms with van der Waals surface area (Å²) in [5, 5.41) is 10.3. The zero-order valence-corrected chi connectivity index (χ0v) is 7.99. The summed E-state index contributed by atoms with van der Waals surface area (Å²) in [6.07, 6.45) is 1.31. The maximum atomic E-state index is 11.0. The quantitative estimate of drug-likeness (QED) is 0.452. The van der Waals surface area contributed by atoms with Gasteiger partial charge >= 0.3 is 5.97 Å². The lowest BCUT2D eigenvalue weighted by Crippen LogP contribution is -2.24. The first-order valence-electron chi connectivity index (χ1n) is 4.05. The first-order chi connectivity index (χ1) is 5.99. The van der Waals surface area contributed by atoms with Crippen LogP contribution in [0.5, 0.6) is 0 Å². The maximum Gasteiger partial charge on any atom is 0.312 e. The summed E-state index contributed by atoms with van der Waals surface area (Å²) in [4.78, 5) is 21.3. The van der Waals surface area contributed by atoms with Crippen molar-refractivity contribution in [2.75, 3.05) is 6.61 Å². The summed E-state index contributed by atoms with van der Waals surface area (Å²) in [5.74, 6) is -2.24. The second-order valence-corrected chi connectivity index (χ2v) is 2.68. The molecule has 1 atom stereocenters. The molecule has 0 rings (SSSR count). The molecule has 0 spiro atoms. The Bertz CT molecular complexity index is 230. The fourth-order valence-corrected chi connectivity index (χ4v) is 0.785. The molecule has 0 aromatic carbocycles. The summed E-state index contributed by atoms with van der Waals surface area (Å²) in [6.45, 7) is 4.94. The van der Waals surface area contributed by atoms with E-state index in [1.807, 2.05) is 0 Å². The van der Waals surface area contributed by atoms with Crippen LogP contribution < -0.4 is 5.11 Å². The first kappa shape index (κ1) is 11.7. The first-order valence-corrected chi connectivity index (χ1v) is 4.05. The molecular weight excluding hydrogens is 172 g/mol. The van der Waals surface area contributed by atoms with Gasteiger partial charge in [-0.3, -0.25) is 4.79 Å². The summed E-state index contributed by atoms with van der Waals surface area (Å²) >= 11 is 0. The number of carboxylic acids is 1. The van der Waals surface area contributed by atoms with Gasteiger partial charge in [0, 0.05) is 0 Å². The van der Waals surface area contributed by atoms with Gasteiger partial charge in [0.15, 0.2) is 0 Å². The topological polar surface area (TPSA) is 66.4 Å². The minimum absolute atomic E-state index is 0.0422. The molecule has 4 nitrogen and oxygen atoms in total.